The molecule has 10 heteroatoms. The third kappa shape index (κ3) is 8.51. The lowest BCUT2D eigenvalue weighted by Crippen LogP contribution is -2.42. The van der Waals surface area contributed by atoms with E-state index in [1.54, 1.807) is 0 Å². The summed E-state index contributed by atoms with van der Waals surface area (Å²) in [5, 5.41) is 10.8. The quantitative estimate of drug-likeness (QED) is 0.271. The van der Waals surface area contributed by atoms with E-state index in [-0.39, 0.29) is 24.5 Å². The molecule has 3 atom stereocenters. The number of carbonyl (C=O) groups excluding carboxylic acids is 1. The molecule has 1 saturated heterocycles. The standard InChI is InChI=1S/C28H38Cl3NO6/c1-19(33)38-24(15-29)18-37-26-25(30)13-21(14-28(26,4)31)27(2,3)20-5-7-23(8-6-20)36-17-22(34)16-32-9-11-35-12-10-32/h5-8,13,22,24,34H,9-12,14-18H2,1-4H3/t22-,24?,28?/m1/s1. The number of nitrogens with zero attached hydrogens (tertiary/aromatic N) is 1. The van der Waals surface area contributed by atoms with Crippen molar-refractivity contribution >= 4 is 40.8 Å². The highest BCUT2D eigenvalue weighted by Crippen LogP contribution is 2.46. The Morgan fingerprint density at radius 3 is 2.42 bits per heavy atom. The van der Waals surface area contributed by atoms with Gasteiger partial charge in [-0.15, -0.1) is 23.2 Å². The zero-order valence-electron chi connectivity index (χ0n) is 22.5. The van der Waals surface area contributed by atoms with Crippen molar-refractivity contribution in [3.63, 3.8) is 0 Å². The Bertz CT molecular complexity index is 1000. The maximum Gasteiger partial charge on any atom is 0.303 e. The summed E-state index contributed by atoms with van der Waals surface area (Å²) in [5.74, 6) is 0.799. The van der Waals surface area contributed by atoms with Crippen LogP contribution >= 0.6 is 34.8 Å². The van der Waals surface area contributed by atoms with E-state index in [0.29, 0.717) is 42.7 Å². The van der Waals surface area contributed by atoms with Crippen LogP contribution in [0.5, 0.6) is 5.75 Å². The van der Waals surface area contributed by atoms with E-state index in [1.165, 1.54) is 6.92 Å². The number of esters is 1. The van der Waals surface area contributed by atoms with Crippen LogP contribution in [0.1, 0.15) is 39.7 Å². The molecule has 2 unspecified atom stereocenters. The minimum atomic E-state index is -0.884. The summed E-state index contributed by atoms with van der Waals surface area (Å²) in [5.41, 5.74) is 1.76. The number of hydrogen-bond acceptors (Lipinski definition) is 7. The number of aliphatic hydroxyl groups excluding tert-OH is 1. The molecule has 0 aromatic heterocycles. The summed E-state index contributed by atoms with van der Waals surface area (Å²) in [6.07, 6.45) is 1.24. The molecule has 2 aliphatic rings. The van der Waals surface area contributed by atoms with Crippen LogP contribution in [0, 0.1) is 0 Å². The second-order valence-corrected chi connectivity index (χ2v) is 12.0. The normalized spacial score (nSPS) is 22.5. The maximum atomic E-state index is 11.3. The van der Waals surface area contributed by atoms with E-state index in [9.17, 15) is 9.90 Å². The number of β-amino-alcohol motifs (C(OH)–C–C–N with tert-alkyl or cyclic N) is 1. The van der Waals surface area contributed by atoms with E-state index in [4.69, 9.17) is 53.8 Å². The number of halogens is 3. The van der Waals surface area contributed by atoms with E-state index in [0.717, 1.165) is 24.2 Å². The van der Waals surface area contributed by atoms with Gasteiger partial charge in [0, 0.05) is 32.0 Å². The van der Waals surface area contributed by atoms with Crippen molar-refractivity contribution in [3.05, 3.63) is 52.3 Å². The van der Waals surface area contributed by atoms with Gasteiger partial charge in [0.1, 0.15) is 41.8 Å². The highest BCUT2D eigenvalue weighted by atomic mass is 35.5. The Labute approximate surface area is 240 Å². The minimum absolute atomic E-state index is 0.0616. The van der Waals surface area contributed by atoms with Crippen molar-refractivity contribution in [1.29, 1.82) is 0 Å². The SMILES string of the molecule is CC(=O)OC(CCl)COC1=C(Cl)C=C(C(C)(C)c2ccc(OC[C@H](O)CN3CCOCC3)cc2)CC1(C)Cl. The summed E-state index contributed by atoms with van der Waals surface area (Å²) in [7, 11) is 0. The van der Waals surface area contributed by atoms with Crippen molar-refractivity contribution in [2.24, 2.45) is 0 Å². The van der Waals surface area contributed by atoms with Crippen molar-refractivity contribution in [3.8, 4) is 5.75 Å². The molecule has 0 radical (unpaired) electrons. The van der Waals surface area contributed by atoms with Gasteiger partial charge in [0.05, 0.1) is 24.1 Å². The Balaban J connectivity index is 1.64. The number of morpholine rings is 1. The molecule has 1 aromatic rings. The lowest BCUT2D eigenvalue weighted by atomic mass is 9.72. The molecular formula is C28H38Cl3NO6. The molecule has 7 nitrogen and oxygen atoms in total. The van der Waals surface area contributed by atoms with Gasteiger partial charge in [-0.2, -0.15) is 0 Å². The van der Waals surface area contributed by atoms with Crippen molar-refractivity contribution < 1.29 is 28.8 Å². The predicted octanol–water partition coefficient (Wildman–Crippen LogP) is 5.00. The number of ether oxygens (including phenoxy) is 4. The monoisotopic (exact) mass is 589 g/mol. The van der Waals surface area contributed by atoms with Gasteiger partial charge in [0.25, 0.3) is 0 Å². The van der Waals surface area contributed by atoms with Crippen molar-refractivity contribution in [2.75, 3.05) is 51.9 Å². The highest BCUT2D eigenvalue weighted by Gasteiger charge is 2.40. The van der Waals surface area contributed by atoms with Crippen LogP contribution in [-0.2, 0) is 24.4 Å². The largest absolute Gasteiger partial charge is 0.491 e. The summed E-state index contributed by atoms with van der Waals surface area (Å²) < 4.78 is 22.2. The Kier molecular flexibility index (Phi) is 11.2. The van der Waals surface area contributed by atoms with Crippen LogP contribution in [0.15, 0.2) is 46.7 Å². The molecule has 1 aliphatic heterocycles. The van der Waals surface area contributed by atoms with Crippen molar-refractivity contribution in [1.82, 2.24) is 4.90 Å². The summed E-state index contributed by atoms with van der Waals surface area (Å²) in [4.78, 5) is 12.6. The average molecular weight is 591 g/mol. The molecular weight excluding hydrogens is 553 g/mol. The van der Waals surface area contributed by atoms with Crippen LogP contribution in [0.4, 0.5) is 0 Å². The Morgan fingerprint density at radius 1 is 1.18 bits per heavy atom. The van der Waals surface area contributed by atoms with E-state index < -0.39 is 23.1 Å². The van der Waals surface area contributed by atoms with Gasteiger partial charge in [-0.05, 0) is 37.1 Å². The van der Waals surface area contributed by atoms with E-state index in [2.05, 4.69) is 18.7 Å². The first-order chi connectivity index (χ1) is 17.9. The first kappa shape index (κ1) is 31.1. The number of rotatable bonds is 12. The lowest BCUT2D eigenvalue weighted by molar-refractivity contribution is -0.147. The zero-order valence-corrected chi connectivity index (χ0v) is 24.7. The summed E-state index contributed by atoms with van der Waals surface area (Å²) in [6.45, 7) is 11.3. The predicted molar refractivity (Wildman–Crippen MR) is 150 cm³/mol. The second-order valence-electron chi connectivity index (χ2n) is 10.4. The molecule has 0 amide bonds. The van der Waals surface area contributed by atoms with E-state index >= 15 is 0 Å². The first-order valence-electron chi connectivity index (χ1n) is 12.8. The van der Waals surface area contributed by atoms with Crippen molar-refractivity contribution in [2.45, 2.75) is 56.6 Å². The van der Waals surface area contributed by atoms with Gasteiger partial charge in [-0.25, -0.2) is 0 Å². The van der Waals surface area contributed by atoms with Gasteiger partial charge in [-0.1, -0.05) is 43.2 Å². The number of aliphatic hydroxyl groups is 1. The van der Waals surface area contributed by atoms with Crippen LogP contribution in [0.25, 0.3) is 0 Å². The number of carbonyl (C=O) groups is 1. The van der Waals surface area contributed by atoms with Crippen LogP contribution in [0.3, 0.4) is 0 Å². The number of alkyl halides is 2. The molecule has 1 N–H and O–H groups in total. The summed E-state index contributed by atoms with van der Waals surface area (Å²) in [6, 6.07) is 7.86. The number of benzene rings is 1. The van der Waals surface area contributed by atoms with E-state index in [1.807, 2.05) is 37.3 Å². The minimum Gasteiger partial charge on any atom is -0.491 e. The van der Waals surface area contributed by atoms with Crippen LogP contribution in [-0.4, -0.2) is 85.0 Å². The highest BCUT2D eigenvalue weighted by molar-refractivity contribution is 6.34. The topological polar surface area (TPSA) is 77.5 Å². The van der Waals surface area contributed by atoms with Gasteiger partial charge >= 0.3 is 5.97 Å². The lowest BCUT2D eigenvalue weighted by Gasteiger charge is -2.38. The second kappa shape index (κ2) is 13.7. The van der Waals surface area contributed by atoms with Gasteiger partial charge in [0.2, 0.25) is 0 Å². The molecule has 1 aliphatic carbocycles. The molecule has 38 heavy (non-hydrogen) atoms. The fraction of sp³-hybridized carbons (Fsp3) is 0.607. The number of allylic oxidation sites excluding steroid dienone is 4. The Hall–Kier alpha value is -1.48. The van der Waals surface area contributed by atoms with Gasteiger partial charge in [0.15, 0.2) is 0 Å². The van der Waals surface area contributed by atoms with Crippen LogP contribution < -0.4 is 4.74 Å². The average Bonchev–Trinajstić information content (AvgIpc) is 2.86. The number of hydrogen-bond donors (Lipinski definition) is 1. The third-order valence-electron chi connectivity index (χ3n) is 6.83. The fourth-order valence-electron chi connectivity index (χ4n) is 4.58. The molecule has 1 aromatic carbocycles. The molecule has 1 heterocycles. The Morgan fingerprint density at radius 2 is 1.84 bits per heavy atom. The van der Waals surface area contributed by atoms with Gasteiger partial charge in [-0.3, -0.25) is 9.69 Å². The maximum absolute atomic E-state index is 11.3. The molecule has 0 saturated carbocycles. The molecule has 212 valence electrons. The third-order valence-corrected chi connectivity index (χ3v) is 7.76. The molecule has 3 rings (SSSR count). The molecule has 0 bridgehead atoms. The molecule has 0 spiro atoms. The first-order valence-corrected chi connectivity index (χ1v) is 14.1. The van der Waals surface area contributed by atoms with Gasteiger partial charge < -0.3 is 24.1 Å². The zero-order chi connectivity index (χ0) is 27.9. The fourth-order valence-corrected chi connectivity index (χ4v) is 5.47. The smallest absolute Gasteiger partial charge is 0.303 e. The van der Waals surface area contributed by atoms with Crippen LogP contribution in [0.2, 0.25) is 0 Å². The molecule has 1 fully saturated rings. The summed E-state index contributed by atoms with van der Waals surface area (Å²) >= 11 is 19.5.